The van der Waals surface area contributed by atoms with Crippen molar-refractivity contribution in [1.82, 2.24) is 4.57 Å². The molecule has 1 aromatic heterocycles. The molecule has 5 aromatic rings. The van der Waals surface area contributed by atoms with Crippen molar-refractivity contribution in [2.75, 3.05) is 10.2 Å². The number of nitrogens with one attached hydrogen (secondary N) is 1. The second-order valence-corrected chi connectivity index (χ2v) is 13.7. The van der Waals surface area contributed by atoms with Crippen molar-refractivity contribution < 1.29 is 14.4 Å². The Morgan fingerprint density at radius 2 is 1.65 bits per heavy atom. The lowest BCUT2D eigenvalue weighted by atomic mass is 9.83. The number of thiazole rings is 1. The number of hydrogen-bond acceptors (Lipinski definition) is 6. The molecule has 1 N–H and O–H groups in total. The highest BCUT2D eigenvalue weighted by molar-refractivity contribution is 9.10. The maximum atomic E-state index is 14.0. The SMILES string of the molecule is Cc1ccc(N2C(=O)C3Sc4c(sc(=O)n4CC(=O)Nc4cccc5ccccc45)C(c4cccc(Br)c4)C3C2=O)cc1. The number of imide groups is 1. The van der Waals surface area contributed by atoms with E-state index in [1.165, 1.54) is 21.2 Å². The fraction of sp³-hybridized carbons (Fsp3) is 0.152. The van der Waals surface area contributed by atoms with Crippen molar-refractivity contribution in [3.63, 3.8) is 0 Å². The molecular formula is C33H24BrN3O4S2. The van der Waals surface area contributed by atoms with Crippen LogP contribution in [0.5, 0.6) is 0 Å². The number of amides is 3. The topological polar surface area (TPSA) is 88.5 Å². The van der Waals surface area contributed by atoms with E-state index in [2.05, 4.69) is 21.2 Å². The number of anilines is 2. The Balaban J connectivity index is 1.28. The number of nitrogens with zero attached hydrogens (tertiary/aromatic N) is 2. The molecule has 2 aliphatic heterocycles. The van der Waals surface area contributed by atoms with Crippen LogP contribution in [0.15, 0.2) is 105 Å². The number of aryl methyl sites for hydroxylation is 1. The van der Waals surface area contributed by atoms with Gasteiger partial charge in [-0.15, -0.1) is 0 Å². The van der Waals surface area contributed by atoms with Gasteiger partial charge in [0.05, 0.1) is 16.6 Å². The lowest BCUT2D eigenvalue weighted by Crippen LogP contribution is -2.33. The average Bonchev–Trinajstić information content (AvgIpc) is 3.44. The molecule has 3 amide bonds. The lowest BCUT2D eigenvalue weighted by Gasteiger charge is -2.30. The predicted octanol–water partition coefficient (Wildman–Crippen LogP) is 6.57. The number of carbonyl (C=O) groups is 3. The van der Waals surface area contributed by atoms with Crippen LogP contribution < -0.4 is 15.1 Å². The molecule has 2 aliphatic rings. The quantitative estimate of drug-likeness (QED) is 0.214. The van der Waals surface area contributed by atoms with Crippen LogP contribution in [-0.2, 0) is 20.9 Å². The summed E-state index contributed by atoms with van der Waals surface area (Å²) in [6.07, 6.45) is 0. The van der Waals surface area contributed by atoms with E-state index in [9.17, 15) is 19.2 Å². The van der Waals surface area contributed by atoms with Crippen molar-refractivity contribution in [2.45, 2.75) is 29.7 Å². The summed E-state index contributed by atoms with van der Waals surface area (Å²) in [6.45, 7) is 1.73. The Labute approximate surface area is 263 Å². The third-order valence-electron chi connectivity index (χ3n) is 7.91. The minimum atomic E-state index is -0.744. The molecule has 0 spiro atoms. The molecule has 0 aliphatic carbocycles. The number of fused-ring (bicyclic) bond motifs is 3. The minimum Gasteiger partial charge on any atom is -0.324 e. The zero-order chi connectivity index (χ0) is 29.8. The number of benzene rings is 4. The summed E-state index contributed by atoms with van der Waals surface area (Å²) < 4.78 is 2.27. The summed E-state index contributed by atoms with van der Waals surface area (Å²) in [5, 5.41) is 4.67. The van der Waals surface area contributed by atoms with Gasteiger partial charge in [-0.25, -0.2) is 4.90 Å². The third-order valence-corrected chi connectivity index (χ3v) is 11.0. The summed E-state index contributed by atoms with van der Waals surface area (Å²) in [6, 6.07) is 28.4. The average molecular weight is 671 g/mol. The van der Waals surface area contributed by atoms with Crippen molar-refractivity contribution in [3.8, 4) is 0 Å². The van der Waals surface area contributed by atoms with Crippen molar-refractivity contribution in [3.05, 3.63) is 121 Å². The molecule has 3 heterocycles. The van der Waals surface area contributed by atoms with Gasteiger partial charge >= 0.3 is 4.87 Å². The molecule has 214 valence electrons. The second kappa shape index (κ2) is 10.9. The van der Waals surface area contributed by atoms with Gasteiger partial charge in [-0.05, 0) is 48.2 Å². The van der Waals surface area contributed by atoms with Crippen LogP contribution in [0.1, 0.15) is 21.9 Å². The van der Waals surface area contributed by atoms with Crippen LogP contribution in [0.2, 0.25) is 0 Å². The van der Waals surface area contributed by atoms with Gasteiger partial charge in [-0.1, -0.05) is 105 Å². The summed E-state index contributed by atoms with van der Waals surface area (Å²) in [5.41, 5.74) is 3.03. The van der Waals surface area contributed by atoms with Crippen molar-refractivity contribution in [1.29, 1.82) is 0 Å². The summed E-state index contributed by atoms with van der Waals surface area (Å²) in [5.74, 6) is -2.18. The van der Waals surface area contributed by atoms with E-state index in [-0.39, 0.29) is 29.1 Å². The van der Waals surface area contributed by atoms with E-state index in [1.54, 1.807) is 12.1 Å². The Morgan fingerprint density at radius 1 is 0.907 bits per heavy atom. The minimum absolute atomic E-state index is 0.215. The van der Waals surface area contributed by atoms with Crippen LogP contribution in [0.4, 0.5) is 11.4 Å². The maximum Gasteiger partial charge on any atom is 0.308 e. The van der Waals surface area contributed by atoms with Gasteiger partial charge in [0.2, 0.25) is 17.7 Å². The van der Waals surface area contributed by atoms with Gasteiger partial charge in [0.25, 0.3) is 0 Å². The molecule has 1 saturated heterocycles. The first-order chi connectivity index (χ1) is 20.8. The van der Waals surface area contributed by atoms with Crippen molar-refractivity contribution in [2.24, 2.45) is 5.92 Å². The molecule has 0 saturated carbocycles. The van der Waals surface area contributed by atoms with Gasteiger partial charge in [0.1, 0.15) is 11.8 Å². The summed E-state index contributed by atoms with van der Waals surface area (Å²) >= 11 is 5.79. The predicted molar refractivity (Wildman–Crippen MR) is 174 cm³/mol. The Bertz CT molecular complexity index is 2000. The largest absolute Gasteiger partial charge is 0.324 e. The number of carbonyl (C=O) groups excluding carboxylic acids is 3. The first-order valence-corrected chi connectivity index (χ1v) is 16.2. The van der Waals surface area contributed by atoms with Crippen LogP contribution >= 0.6 is 39.0 Å². The third kappa shape index (κ3) is 4.83. The number of aromatic nitrogens is 1. The first kappa shape index (κ1) is 27.8. The molecule has 43 heavy (non-hydrogen) atoms. The van der Waals surface area contributed by atoms with E-state index in [0.29, 0.717) is 21.3 Å². The van der Waals surface area contributed by atoms with Gasteiger partial charge in [-0.3, -0.25) is 23.7 Å². The maximum absolute atomic E-state index is 14.0. The Hall–Kier alpha value is -3.99. The van der Waals surface area contributed by atoms with Crippen LogP contribution in [0, 0.1) is 12.8 Å². The van der Waals surface area contributed by atoms with Crippen molar-refractivity contribution >= 4 is 78.9 Å². The highest BCUT2D eigenvalue weighted by Crippen LogP contribution is 2.54. The molecule has 10 heteroatoms. The normalized spacial score (nSPS) is 19.4. The van der Waals surface area contributed by atoms with E-state index >= 15 is 0 Å². The van der Waals surface area contributed by atoms with Gasteiger partial charge in [0.15, 0.2) is 0 Å². The monoisotopic (exact) mass is 669 g/mol. The number of hydrogen-bond donors (Lipinski definition) is 1. The molecule has 0 radical (unpaired) electrons. The first-order valence-electron chi connectivity index (χ1n) is 13.7. The summed E-state index contributed by atoms with van der Waals surface area (Å²) in [7, 11) is 0. The zero-order valence-corrected chi connectivity index (χ0v) is 26.0. The van der Waals surface area contributed by atoms with Crippen LogP contribution in [0.25, 0.3) is 10.8 Å². The standard InChI is InChI=1S/C33H24BrN3O4S2/c1-18-12-14-22(15-13-18)37-30(39)27-26(20-8-4-9-21(34)16-20)29-32(42-28(27)31(37)40)36(33(41)43-29)17-25(38)35-24-11-5-7-19-6-2-3-10-23(19)24/h2-16,26-28H,17H2,1H3,(H,35,38). The number of rotatable bonds is 5. The number of thioether (sulfide) groups is 1. The fourth-order valence-corrected chi connectivity index (χ4v) is 9.12. The molecule has 1 fully saturated rings. The highest BCUT2D eigenvalue weighted by Gasteiger charge is 2.56. The molecule has 3 atom stereocenters. The summed E-state index contributed by atoms with van der Waals surface area (Å²) in [4.78, 5) is 56.4. The molecule has 7 rings (SSSR count). The second-order valence-electron chi connectivity index (χ2n) is 10.6. The zero-order valence-electron chi connectivity index (χ0n) is 22.8. The highest BCUT2D eigenvalue weighted by atomic mass is 79.9. The Kier molecular flexibility index (Phi) is 7.07. The molecule has 4 aromatic carbocycles. The number of halogens is 1. The van der Waals surface area contributed by atoms with Crippen LogP contribution in [-0.4, -0.2) is 27.5 Å². The van der Waals surface area contributed by atoms with Gasteiger partial charge in [-0.2, -0.15) is 0 Å². The van der Waals surface area contributed by atoms with Gasteiger partial charge in [0, 0.05) is 26.3 Å². The van der Waals surface area contributed by atoms with E-state index in [4.69, 9.17) is 0 Å². The van der Waals surface area contributed by atoms with Crippen LogP contribution in [0.3, 0.4) is 0 Å². The molecule has 3 unspecified atom stereocenters. The molecular weight excluding hydrogens is 646 g/mol. The lowest BCUT2D eigenvalue weighted by molar-refractivity contribution is -0.122. The molecule has 7 nitrogen and oxygen atoms in total. The molecule has 0 bridgehead atoms. The van der Waals surface area contributed by atoms with Gasteiger partial charge < -0.3 is 5.32 Å². The van der Waals surface area contributed by atoms with E-state index in [0.717, 1.165) is 37.7 Å². The van der Waals surface area contributed by atoms with E-state index < -0.39 is 17.1 Å². The Morgan fingerprint density at radius 3 is 2.44 bits per heavy atom. The fourth-order valence-electron chi connectivity index (χ4n) is 5.93. The van der Waals surface area contributed by atoms with E-state index in [1.807, 2.05) is 85.8 Å². The smallest absolute Gasteiger partial charge is 0.308 e.